The summed E-state index contributed by atoms with van der Waals surface area (Å²) in [5, 5.41) is 6.95. The summed E-state index contributed by atoms with van der Waals surface area (Å²) in [7, 11) is 3.18. The number of nitrogens with one attached hydrogen (secondary N) is 1. The van der Waals surface area contributed by atoms with Gasteiger partial charge in [-0.05, 0) is 30.4 Å². The summed E-state index contributed by atoms with van der Waals surface area (Å²) >= 11 is 0. The van der Waals surface area contributed by atoms with Crippen molar-refractivity contribution < 1.29 is 14.3 Å². The average Bonchev–Trinajstić information content (AvgIpc) is 2.81. The van der Waals surface area contributed by atoms with Crippen molar-refractivity contribution in [3.63, 3.8) is 0 Å². The fourth-order valence-corrected chi connectivity index (χ4v) is 2.70. The van der Waals surface area contributed by atoms with E-state index in [1.54, 1.807) is 7.05 Å². The monoisotopic (exact) mass is 316 g/mol. The molecule has 0 fully saturated rings. The van der Waals surface area contributed by atoms with Crippen molar-refractivity contribution in [3.05, 3.63) is 35.7 Å². The van der Waals surface area contributed by atoms with Crippen LogP contribution in [0.5, 0.6) is 11.8 Å². The minimum atomic E-state index is -0.289. The van der Waals surface area contributed by atoms with Gasteiger partial charge >= 0.3 is 6.01 Å². The lowest BCUT2D eigenvalue weighted by atomic mass is 9.97. The number of rotatable bonds is 4. The first-order chi connectivity index (χ1) is 11.2. The number of aromatic nitrogens is 3. The SMILES string of the molecule is COc1nc(C(=O)NCC2CCOc3ccccc3C2)nn1C. The summed E-state index contributed by atoms with van der Waals surface area (Å²) in [5.41, 5.74) is 1.18. The van der Waals surface area contributed by atoms with Crippen LogP contribution >= 0.6 is 0 Å². The van der Waals surface area contributed by atoms with Crippen molar-refractivity contribution in [2.75, 3.05) is 20.3 Å². The molecule has 1 amide bonds. The van der Waals surface area contributed by atoms with E-state index in [9.17, 15) is 4.79 Å². The van der Waals surface area contributed by atoms with Crippen molar-refractivity contribution in [2.24, 2.45) is 13.0 Å². The molecule has 1 N–H and O–H groups in total. The molecule has 2 heterocycles. The van der Waals surface area contributed by atoms with Crippen molar-refractivity contribution in [1.82, 2.24) is 20.1 Å². The number of carbonyl (C=O) groups excluding carboxylic acids is 1. The molecule has 0 bridgehead atoms. The fourth-order valence-electron chi connectivity index (χ4n) is 2.70. The lowest BCUT2D eigenvalue weighted by Crippen LogP contribution is -2.31. The van der Waals surface area contributed by atoms with Gasteiger partial charge in [0, 0.05) is 13.6 Å². The van der Waals surface area contributed by atoms with Gasteiger partial charge in [-0.2, -0.15) is 4.98 Å². The van der Waals surface area contributed by atoms with Crippen LogP contribution in [0.2, 0.25) is 0 Å². The van der Waals surface area contributed by atoms with Gasteiger partial charge in [-0.25, -0.2) is 4.68 Å². The maximum absolute atomic E-state index is 12.2. The van der Waals surface area contributed by atoms with Crippen LogP contribution < -0.4 is 14.8 Å². The molecule has 3 rings (SSSR count). The number of aryl methyl sites for hydroxylation is 1. The smallest absolute Gasteiger partial charge is 0.314 e. The summed E-state index contributed by atoms with van der Waals surface area (Å²) in [4.78, 5) is 16.2. The second-order valence-electron chi connectivity index (χ2n) is 5.57. The Bertz CT molecular complexity index is 698. The number of fused-ring (bicyclic) bond motifs is 1. The van der Waals surface area contributed by atoms with Gasteiger partial charge in [0.2, 0.25) is 5.82 Å². The topological polar surface area (TPSA) is 78.3 Å². The van der Waals surface area contributed by atoms with Crippen LogP contribution in [0.4, 0.5) is 0 Å². The van der Waals surface area contributed by atoms with Gasteiger partial charge in [-0.15, -0.1) is 5.10 Å². The molecule has 0 saturated carbocycles. The molecule has 1 aliphatic heterocycles. The summed E-state index contributed by atoms with van der Waals surface area (Å²) in [6.07, 6.45) is 1.78. The maximum atomic E-state index is 12.2. The van der Waals surface area contributed by atoms with E-state index in [4.69, 9.17) is 9.47 Å². The van der Waals surface area contributed by atoms with E-state index in [1.165, 1.54) is 17.4 Å². The first kappa shape index (κ1) is 15.3. The molecule has 0 spiro atoms. The highest BCUT2D eigenvalue weighted by Gasteiger charge is 2.20. The zero-order chi connectivity index (χ0) is 16.2. The number of nitrogens with zero attached hydrogens (tertiary/aromatic N) is 3. The standard InChI is InChI=1S/C16H20N4O3/c1-20-16(22-2)18-14(19-20)15(21)17-10-11-7-8-23-13-6-4-3-5-12(13)9-11/h3-6,11H,7-10H2,1-2H3,(H,17,21). The number of para-hydroxylation sites is 1. The van der Waals surface area contributed by atoms with Crippen LogP contribution in [0, 0.1) is 5.92 Å². The van der Waals surface area contributed by atoms with Crippen LogP contribution in [0.25, 0.3) is 0 Å². The van der Waals surface area contributed by atoms with Crippen molar-refractivity contribution in [2.45, 2.75) is 12.8 Å². The van der Waals surface area contributed by atoms with Crippen LogP contribution in [0.3, 0.4) is 0 Å². The summed E-state index contributed by atoms with van der Waals surface area (Å²) in [6, 6.07) is 8.35. The molecule has 23 heavy (non-hydrogen) atoms. The minimum Gasteiger partial charge on any atom is -0.493 e. The molecule has 2 aromatic rings. The zero-order valence-corrected chi connectivity index (χ0v) is 13.3. The average molecular weight is 316 g/mol. The zero-order valence-electron chi connectivity index (χ0n) is 13.3. The molecule has 122 valence electrons. The molecule has 1 unspecified atom stereocenters. The predicted octanol–water partition coefficient (Wildman–Crippen LogP) is 1.19. The van der Waals surface area contributed by atoms with Gasteiger partial charge in [0.1, 0.15) is 5.75 Å². The third kappa shape index (κ3) is 3.44. The predicted molar refractivity (Wildman–Crippen MR) is 83.6 cm³/mol. The molecule has 7 nitrogen and oxygen atoms in total. The number of carbonyl (C=O) groups is 1. The van der Waals surface area contributed by atoms with Crippen molar-refractivity contribution in [3.8, 4) is 11.8 Å². The van der Waals surface area contributed by atoms with Gasteiger partial charge in [0.25, 0.3) is 5.91 Å². The van der Waals surface area contributed by atoms with Crippen molar-refractivity contribution >= 4 is 5.91 Å². The van der Waals surface area contributed by atoms with Crippen molar-refractivity contribution in [1.29, 1.82) is 0 Å². The molecule has 0 saturated heterocycles. The number of hydrogen-bond acceptors (Lipinski definition) is 5. The summed E-state index contributed by atoms with van der Waals surface area (Å²) in [6.45, 7) is 1.23. The molecule has 1 atom stereocenters. The lowest BCUT2D eigenvalue weighted by Gasteiger charge is -2.13. The molecule has 1 aliphatic rings. The van der Waals surface area contributed by atoms with E-state index < -0.39 is 0 Å². The van der Waals surface area contributed by atoms with Gasteiger partial charge in [-0.3, -0.25) is 4.79 Å². The Kier molecular flexibility index (Phi) is 4.45. The molecular weight excluding hydrogens is 296 g/mol. The van der Waals surface area contributed by atoms with Crippen LogP contribution in [-0.2, 0) is 13.5 Å². The van der Waals surface area contributed by atoms with E-state index in [1.807, 2.05) is 18.2 Å². The number of ether oxygens (including phenoxy) is 2. The first-order valence-electron chi connectivity index (χ1n) is 7.61. The number of amides is 1. The molecule has 1 aromatic heterocycles. The second kappa shape index (κ2) is 6.68. The van der Waals surface area contributed by atoms with E-state index >= 15 is 0 Å². The molecule has 0 aliphatic carbocycles. The molecule has 0 radical (unpaired) electrons. The third-order valence-corrected chi connectivity index (χ3v) is 3.92. The molecule has 1 aromatic carbocycles. The number of methoxy groups -OCH3 is 1. The molecule has 7 heteroatoms. The fraction of sp³-hybridized carbons (Fsp3) is 0.438. The van der Waals surface area contributed by atoms with Gasteiger partial charge in [0.15, 0.2) is 0 Å². The Morgan fingerprint density at radius 1 is 1.48 bits per heavy atom. The Hall–Kier alpha value is -2.57. The van der Waals surface area contributed by atoms with E-state index in [0.717, 1.165) is 18.6 Å². The first-order valence-corrected chi connectivity index (χ1v) is 7.61. The highest BCUT2D eigenvalue weighted by Crippen LogP contribution is 2.26. The summed E-state index contributed by atoms with van der Waals surface area (Å²) < 4.78 is 12.2. The largest absolute Gasteiger partial charge is 0.493 e. The number of benzene rings is 1. The van der Waals surface area contributed by atoms with Crippen LogP contribution in [-0.4, -0.2) is 40.9 Å². The van der Waals surface area contributed by atoms with Crippen LogP contribution in [0.1, 0.15) is 22.6 Å². The quantitative estimate of drug-likeness (QED) is 0.917. The van der Waals surface area contributed by atoms with E-state index in [0.29, 0.717) is 25.1 Å². The third-order valence-electron chi connectivity index (χ3n) is 3.92. The van der Waals surface area contributed by atoms with Gasteiger partial charge in [-0.1, -0.05) is 18.2 Å². The molecular formula is C16H20N4O3. The lowest BCUT2D eigenvalue weighted by molar-refractivity contribution is 0.0934. The summed E-state index contributed by atoms with van der Waals surface area (Å²) in [5.74, 6) is 1.10. The number of hydrogen-bond donors (Lipinski definition) is 1. The Labute approximate surface area is 134 Å². The minimum absolute atomic E-state index is 0.120. The van der Waals surface area contributed by atoms with Crippen LogP contribution in [0.15, 0.2) is 24.3 Å². The normalized spacial score (nSPS) is 16.9. The highest BCUT2D eigenvalue weighted by atomic mass is 16.5. The second-order valence-corrected chi connectivity index (χ2v) is 5.57. The van der Waals surface area contributed by atoms with Gasteiger partial charge < -0.3 is 14.8 Å². The Morgan fingerprint density at radius 2 is 2.30 bits per heavy atom. The van der Waals surface area contributed by atoms with Gasteiger partial charge in [0.05, 0.1) is 13.7 Å². The maximum Gasteiger partial charge on any atom is 0.314 e. The Balaban J connectivity index is 1.60. The Morgan fingerprint density at radius 3 is 3.09 bits per heavy atom. The van der Waals surface area contributed by atoms with E-state index in [2.05, 4.69) is 21.5 Å². The van der Waals surface area contributed by atoms with E-state index in [-0.39, 0.29) is 11.7 Å². The highest BCUT2D eigenvalue weighted by molar-refractivity contribution is 5.90.